The van der Waals surface area contributed by atoms with Gasteiger partial charge in [0.05, 0.1) is 23.3 Å². The first-order valence-electron chi connectivity index (χ1n) is 5.96. The van der Waals surface area contributed by atoms with Gasteiger partial charge in [-0.25, -0.2) is 8.78 Å². The van der Waals surface area contributed by atoms with Gasteiger partial charge in [-0.05, 0) is 28.9 Å². The van der Waals surface area contributed by atoms with Crippen molar-refractivity contribution in [3.05, 3.63) is 39.5 Å². The first-order chi connectivity index (χ1) is 9.86. The molecule has 1 aliphatic heterocycles. The Hall–Kier alpha value is -1.80. The zero-order valence-electron chi connectivity index (χ0n) is 10.9. The van der Waals surface area contributed by atoms with Gasteiger partial charge < -0.3 is 10.4 Å². The van der Waals surface area contributed by atoms with E-state index in [1.165, 1.54) is 6.92 Å². The minimum atomic E-state index is -0.850. The number of hydrogen-bond acceptors (Lipinski definition) is 4. The van der Waals surface area contributed by atoms with Crippen molar-refractivity contribution in [1.82, 2.24) is 4.90 Å². The van der Waals surface area contributed by atoms with E-state index in [0.29, 0.717) is 0 Å². The van der Waals surface area contributed by atoms with Gasteiger partial charge in [0.25, 0.3) is 11.8 Å². The summed E-state index contributed by atoms with van der Waals surface area (Å²) in [6, 6.07) is 1.14. The highest BCUT2D eigenvalue weighted by Crippen LogP contribution is 2.29. The number of rotatable bonds is 4. The average molecular weight is 361 g/mol. The largest absolute Gasteiger partial charge is 0.395 e. The van der Waals surface area contributed by atoms with E-state index in [0.717, 1.165) is 17.0 Å². The van der Waals surface area contributed by atoms with Crippen molar-refractivity contribution in [3.63, 3.8) is 0 Å². The van der Waals surface area contributed by atoms with Gasteiger partial charge >= 0.3 is 0 Å². The zero-order chi connectivity index (χ0) is 15.7. The minimum Gasteiger partial charge on any atom is -0.395 e. The highest BCUT2D eigenvalue weighted by molar-refractivity contribution is 9.10. The molecule has 1 aromatic carbocycles. The summed E-state index contributed by atoms with van der Waals surface area (Å²) < 4.78 is 27.5. The molecule has 0 aliphatic carbocycles. The fraction of sp³-hybridized carbons (Fsp3) is 0.231. The molecule has 0 fully saturated rings. The molecular weight excluding hydrogens is 350 g/mol. The molecule has 1 heterocycles. The Bertz CT molecular complexity index is 661. The van der Waals surface area contributed by atoms with Crippen molar-refractivity contribution in [2.24, 2.45) is 0 Å². The second kappa shape index (κ2) is 5.90. The van der Waals surface area contributed by atoms with Gasteiger partial charge in [0.15, 0.2) is 5.82 Å². The molecule has 0 spiro atoms. The van der Waals surface area contributed by atoms with Gasteiger partial charge in [-0.3, -0.25) is 14.5 Å². The van der Waals surface area contributed by atoms with E-state index >= 15 is 0 Å². The maximum Gasteiger partial charge on any atom is 0.277 e. The maximum absolute atomic E-state index is 14.0. The Balaban J connectivity index is 2.30. The molecule has 8 heteroatoms. The molecule has 0 radical (unpaired) electrons. The van der Waals surface area contributed by atoms with Crippen molar-refractivity contribution in [1.29, 1.82) is 0 Å². The molecule has 0 unspecified atom stereocenters. The normalized spacial score (nSPS) is 14.7. The number of benzene rings is 1. The lowest BCUT2D eigenvalue weighted by atomic mass is 10.2. The molecule has 21 heavy (non-hydrogen) atoms. The topological polar surface area (TPSA) is 69.6 Å². The molecule has 2 N–H and O–H groups in total. The number of nitrogens with one attached hydrogen (secondary N) is 1. The number of carbonyl (C=O) groups is 2. The van der Waals surface area contributed by atoms with Crippen LogP contribution in [0.25, 0.3) is 0 Å². The van der Waals surface area contributed by atoms with Crippen molar-refractivity contribution in [2.45, 2.75) is 6.92 Å². The Morgan fingerprint density at radius 1 is 1.33 bits per heavy atom. The zero-order valence-corrected chi connectivity index (χ0v) is 12.5. The van der Waals surface area contributed by atoms with E-state index in [1.807, 2.05) is 0 Å². The molecule has 112 valence electrons. The van der Waals surface area contributed by atoms with Crippen LogP contribution in [-0.4, -0.2) is 35.0 Å². The van der Waals surface area contributed by atoms with E-state index in [1.54, 1.807) is 0 Å². The smallest absolute Gasteiger partial charge is 0.277 e. The molecule has 0 aromatic heterocycles. The van der Waals surface area contributed by atoms with Crippen molar-refractivity contribution in [2.75, 3.05) is 18.5 Å². The third-order valence-corrected chi connectivity index (χ3v) is 3.56. The predicted molar refractivity (Wildman–Crippen MR) is 74.3 cm³/mol. The lowest BCUT2D eigenvalue weighted by molar-refractivity contribution is -0.137. The third kappa shape index (κ3) is 2.81. The number of amides is 2. The van der Waals surface area contributed by atoms with Crippen LogP contribution < -0.4 is 5.32 Å². The molecule has 0 saturated carbocycles. The number of aliphatic hydroxyl groups excluding tert-OH is 1. The molecule has 1 aliphatic rings. The van der Waals surface area contributed by atoms with E-state index in [9.17, 15) is 18.4 Å². The van der Waals surface area contributed by atoms with Crippen LogP contribution in [0.4, 0.5) is 14.5 Å². The van der Waals surface area contributed by atoms with Crippen LogP contribution in [0.2, 0.25) is 0 Å². The molecule has 2 amide bonds. The number of imide groups is 1. The highest BCUT2D eigenvalue weighted by atomic mass is 79.9. The second-order valence-electron chi connectivity index (χ2n) is 4.36. The van der Waals surface area contributed by atoms with Crippen LogP contribution in [0.15, 0.2) is 22.3 Å². The molecule has 5 nitrogen and oxygen atoms in total. The fourth-order valence-electron chi connectivity index (χ4n) is 1.88. The van der Waals surface area contributed by atoms with Crippen LogP contribution >= 0.6 is 15.9 Å². The number of hydrogen-bond donors (Lipinski definition) is 2. The molecular formula is C13H11BrF2N2O3. The number of β-amino-alcohol motifs (C(OH)–C–C–N with tert-alkyl or cyclic N) is 1. The SMILES string of the molecule is Cc1c(F)c(Br)cc(NC2=CC(=O)N(CCO)C2=O)c1F. The maximum atomic E-state index is 14.0. The number of anilines is 1. The van der Waals surface area contributed by atoms with Gasteiger partial charge in [-0.2, -0.15) is 0 Å². The lowest BCUT2D eigenvalue weighted by Crippen LogP contribution is -2.34. The highest BCUT2D eigenvalue weighted by Gasteiger charge is 2.31. The lowest BCUT2D eigenvalue weighted by Gasteiger charge is -2.14. The molecule has 0 saturated heterocycles. The number of nitrogens with zero attached hydrogens (tertiary/aromatic N) is 1. The first-order valence-corrected chi connectivity index (χ1v) is 6.75. The Labute approximate surface area is 127 Å². The average Bonchev–Trinajstić information content (AvgIpc) is 2.70. The first kappa shape index (κ1) is 15.6. The van der Waals surface area contributed by atoms with Gasteiger partial charge in [-0.15, -0.1) is 0 Å². The summed E-state index contributed by atoms with van der Waals surface area (Å²) in [5.74, 6) is -2.86. The predicted octanol–water partition coefficient (Wildman–Crippen LogP) is 1.69. The quantitative estimate of drug-likeness (QED) is 0.633. The van der Waals surface area contributed by atoms with Crippen LogP contribution in [0.3, 0.4) is 0 Å². The fourth-order valence-corrected chi connectivity index (χ4v) is 2.40. The number of halogens is 3. The molecule has 0 atom stereocenters. The van der Waals surface area contributed by atoms with Crippen molar-refractivity contribution in [3.8, 4) is 0 Å². The van der Waals surface area contributed by atoms with E-state index in [2.05, 4.69) is 21.2 Å². The minimum absolute atomic E-state index is 0.0356. The molecule has 2 rings (SSSR count). The van der Waals surface area contributed by atoms with Crippen LogP contribution in [0, 0.1) is 18.6 Å². The van der Waals surface area contributed by atoms with Crippen molar-refractivity contribution < 1.29 is 23.5 Å². The summed E-state index contributed by atoms with van der Waals surface area (Å²) in [5, 5.41) is 11.3. The summed E-state index contributed by atoms with van der Waals surface area (Å²) in [6.45, 7) is 0.747. The van der Waals surface area contributed by atoms with Gasteiger partial charge in [0.2, 0.25) is 0 Å². The second-order valence-corrected chi connectivity index (χ2v) is 5.21. The Morgan fingerprint density at radius 2 is 2.00 bits per heavy atom. The molecule has 0 bridgehead atoms. The number of aliphatic hydroxyl groups is 1. The standard InChI is InChI=1S/C13H11BrF2N2O3/c1-6-11(15)7(14)4-8(12(6)16)17-9-5-10(20)18(2-3-19)13(9)21/h4-5,17,19H,2-3H2,1H3. The van der Waals surface area contributed by atoms with Crippen LogP contribution in [0.5, 0.6) is 0 Å². The van der Waals surface area contributed by atoms with E-state index in [-0.39, 0.29) is 34.6 Å². The van der Waals surface area contributed by atoms with Crippen molar-refractivity contribution >= 4 is 33.4 Å². The van der Waals surface area contributed by atoms with E-state index in [4.69, 9.17) is 5.11 Å². The Kier molecular flexibility index (Phi) is 4.38. The van der Waals surface area contributed by atoms with Gasteiger partial charge in [0, 0.05) is 11.6 Å². The number of carbonyl (C=O) groups excluding carboxylic acids is 2. The van der Waals surface area contributed by atoms with Crippen LogP contribution in [0.1, 0.15) is 5.56 Å². The van der Waals surface area contributed by atoms with E-state index < -0.39 is 23.4 Å². The van der Waals surface area contributed by atoms with Gasteiger partial charge in [-0.1, -0.05) is 0 Å². The summed E-state index contributed by atoms with van der Waals surface area (Å²) in [6.07, 6.45) is 1.00. The summed E-state index contributed by atoms with van der Waals surface area (Å²) >= 11 is 2.95. The molecule has 1 aromatic rings. The summed E-state index contributed by atoms with van der Waals surface area (Å²) in [7, 11) is 0. The van der Waals surface area contributed by atoms with Crippen LogP contribution in [-0.2, 0) is 9.59 Å². The van der Waals surface area contributed by atoms with Gasteiger partial charge in [0.1, 0.15) is 11.5 Å². The third-order valence-electron chi connectivity index (χ3n) is 2.98. The summed E-state index contributed by atoms with van der Waals surface area (Å²) in [5.41, 5.74) is -0.472. The summed E-state index contributed by atoms with van der Waals surface area (Å²) in [4.78, 5) is 24.3. The monoisotopic (exact) mass is 360 g/mol. The Morgan fingerprint density at radius 3 is 2.62 bits per heavy atom.